The Bertz CT molecular complexity index is 1460. The number of ether oxygens (including phenoxy) is 1. The highest BCUT2D eigenvalue weighted by molar-refractivity contribution is 8.01. The fraction of sp³-hybridized carbons (Fsp3) is 0.500. The summed E-state index contributed by atoms with van der Waals surface area (Å²) >= 11 is 3.11. The molecule has 0 saturated carbocycles. The van der Waals surface area contributed by atoms with Crippen LogP contribution >= 0.6 is 23.1 Å². The molecule has 4 heterocycles. The molecule has 2 fully saturated rings. The van der Waals surface area contributed by atoms with Crippen molar-refractivity contribution >= 4 is 51.7 Å². The molecule has 0 radical (unpaired) electrons. The van der Waals surface area contributed by atoms with E-state index in [-0.39, 0.29) is 11.8 Å². The smallest absolute Gasteiger partial charge is 0.257 e. The Hall–Kier alpha value is -3.42. The molecule has 0 unspecified atom stereocenters. The summed E-state index contributed by atoms with van der Waals surface area (Å²) in [7, 11) is 5.87. The summed E-state index contributed by atoms with van der Waals surface area (Å²) in [5, 5.41) is 4.11. The molecule has 0 bridgehead atoms. The first-order chi connectivity index (χ1) is 20.6. The Morgan fingerprint density at radius 2 is 1.72 bits per heavy atom. The van der Waals surface area contributed by atoms with Gasteiger partial charge in [-0.2, -0.15) is 0 Å². The number of carbonyl (C=O) groups excluding carboxylic acids is 2. The van der Waals surface area contributed by atoms with Crippen molar-refractivity contribution in [3.05, 3.63) is 41.3 Å². The number of nitrogens with one attached hydrogen (secondary N) is 1. The molecule has 5 rings (SSSR count). The second-order valence-corrected chi connectivity index (χ2v) is 13.5. The number of thiazole rings is 1. The van der Waals surface area contributed by atoms with Crippen molar-refractivity contribution in [2.45, 2.75) is 48.8 Å². The van der Waals surface area contributed by atoms with E-state index in [1.54, 1.807) is 35.6 Å². The maximum absolute atomic E-state index is 13.5. The normalized spacial score (nSPS) is 16.1. The molecule has 0 atom stereocenters. The van der Waals surface area contributed by atoms with Crippen molar-refractivity contribution in [1.82, 2.24) is 29.7 Å². The van der Waals surface area contributed by atoms with Crippen LogP contribution in [-0.4, -0.2) is 108 Å². The Balaban J connectivity index is 1.27. The molecule has 1 N–H and O–H groups in total. The van der Waals surface area contributed by atoms with Crippen LogP contribution in [0.15, 0.2) is 33.5 Å². The number of anilines is 3. The Morgan fingerprint density at radius 3 is 2.37 bits per heavy atom. The van der Waals surface area contributed by atoms with Crippen LogP contribution in [0.4, 0.5) is 16.8 Å². The number of methoxy groups -OCH3 is 1. The van der Waals surface area contributed by atoms with Gasteiger partial charge in [0.15, 0.2) is 5.13 Å². The Labute approximate surface area is 261 Å². The minimum absolute atomic E-state index is 0.0349. The highest BCUT2D eigenvalue weighted by Gasteiger charge is 2.26. The van der Waals surface area contributed by atoms with Gasteiger partial charge in [0.05, 0.1) is 23.1 Å². The van der Waals surface area contributed by atoms with E-state index in [0.29, 0.717) is 43.5 Å². The minimum atomic E-state index is -0.0885. The second kappa shape index (κ2) is 13.5. The average molecular weight is 625 g/mol. The van der Waals surface area contributed by atoms with Crippen LogP contribution in [0.3, 0.4) is 0 Å². The van der Waals surface area contributed by atoms with Crippen LogP contribution in [0.5, 0.6) is 5.75 Å². The summed E-state index contributed by atoms with van der Waals surface area (Å²) in [4.78, 5) is 48.3. The molecule has 11 nitrogen and oxygen atoms in total. The number of benzene rings is 1. The van der Waals surface area contributed by atoms with E-state index >= 15 is 0 Å². The number of nitrogens with zero attached hydrogens (tertiary/aromatic N) is 7. The molecule has 0 spiro atoms. The van der Waals surface area contributed by atoms with E-state index in [0.717, 1.165) is 63.2 Å². The first-order valence-corrected chi connectivity index (χ1v) is 16.2. The quantitative estimate of drug-likeness (QED) is 0.390. The van der Waals surface area contributed by atoms with Gasteiger partial charge in [-0.05, 0) is 58.5 Å². The average Bonchev–Trinajstić information content (AvgIpc) is 3.43. The number of aromatic nitrogens is 3. The lowest BCUT2D eigenvalue weighted by Gasteiger charge is -2.35. The third-order valence-electron chi connectivity index (χ3n) is 8.01. The molecule has 2 aliphatic heterocycles. The van der Waals surface area contributed by atoms with Gasteiger partial charge in [0.25, 0.3) is 5.91 Å². The molecule has 230 valence electrons. The van der Waals surface area contributed by atoms with E-state index < -0.39 is 0 Å². The van der Waals surface area contributed by atoms with Crippen LogP contribution in [0.1, 0.15) is 41.5 Å². The van der Waals surface area contributed by atoms with Crippen molar-refractivity contribution in [2.75, 3.05) is 70.7 Å². The summed E-state index contributed by atoms with van der Waals surface area (Å²) in [5.74, 6) is 2.87. The molecule has 2 saturated heterocycles. The number of rotatable bonds is 8. The highest BCUT2D eigenvalue weighted by atomic mass is 32.2. The predicted molar refractivity (Wildman–Crippen MR) is 171 cm³/mol. The van der Waals surface area contributed by atoms with Gasteiger partial charge in [-0.25, -0.2) is 15.0 Å². The lowest BCUT2D eigenvalue weighted by molar-refractivity contribution is -0.130. The van der Waals surface area contributed by atoms with E-state index in [1.165, 1.54) is 11.3 Å². The number of piperidine rings is 1. The van der Waals surface area contributed by atoms with Gasteiger partial charge in [0, 0.05) is 63.2 Å². The standard InChI is InChI=1S/C30H40N8O3S2/c1-19-15-24(41-6)23(29(40)38-13-11-36(12-14-38)21(3)39)16-25(19)42-28-18-31-30(43-28)34-26-17-27(33-20(2)32-26)37-9-7-22(8-10-37)35(4)5/h15-18,22H,7-14H2,1-6H3,(H,31,32,33,34). The molecule has 0 aliphatic carbocycles. The Morgan fingerprint density at radius 1 is 1.02 bits per heavy atom. The molecule has 2 aromatic heterocycles. The fourth-order valence-corrected chi connectivity index (χ4v) is 7.42. The summed E-state index contributed by atoms with van der Waals surface area (Å²) in [6, 6.07) is 6.42. The molecule has 2 amide bonds. The summed E-state index contributed by atoms with van der Waals surface area (Å²) in [5.41, 5.74) is 1.53. The monoisotopic (exact) mass is 624 g/mol. The Kier molecular flexibility index (Phi) is 9.72. The SMILES string of the molecule is COc1cc(C)c(Sc2cnc(Nc3cc(N4CCC(N(C)C)CC4)nc(C)n3)s2)cc1C(=O)N1CCN(C(C)=O)CC1. The first-order valence-electron chi connectivity index (χ1n) is 14.5. The van der Waals surface area contributed by atoms with Crippen molar-refractivity contribution in [3.63, 3.8) is 0 Å². The van der Waals surface area contributed by atoms with Crippen LogP contribution in [0, 0.1) is 13.8 Å². The zero-order chi connectivity index (χ0) is 30.7. The maximum Gasteiger partial charge on any atom is 0.257 e. The molecule has 43 heavy (non-hydrogen) atoms. The molecular formula is C30H40N8O3S2. The van der Waals surface area contributed by atoms with Gasteiger partial charge in [-0.1, -0.05) is 23.1 Å². The van der Waals surface area contributed by atoms with Crippen LogP contribution in [-0.2, 0) is 4.79 Å². The summed E-state index contributed by atoms with van der Waals surface area (Å²) in [6.45, 7) is 9.50. The van der Waals surface area contributed by atoms with E-state index in [4.69, 9.17) is 9.72 Å². The van der Waals surface area contributed by atoms with Crippen molar-refractivity contribution in [3.8, 4) is 5.75 Å². The van der Waals surface area contributed by atoms with E-state index in [9.17, 15) is 9.59 Å². The largest absolute Gasteiger partial charge is 0.496 e. The summed E-state index contributed by atoms with van der Waals surface area (Å²) in [6.07, 6.45) is 4.06. The van der Waals surface area contributed by atoms with E-state index in [2.05, 4.69) is 39.2 Å². The minimum Gasteiger partial charge on any atom is -0.496 e. The lowest BCUT2D eigenvalue weighted by Crippen LogP contribution is -2.50. The number of carbonyl (C=O) groups is 2. The second-order valence-electron chi connectivity index (χ2n) is 11.2. The first kappa shape index (κ1) is 31.0. The number of hydrogen-bond acceptors (Lipinski definition) is 11. The van der Waals surface area contributed by atoms with E-state index in [1.807, 2.05) is 38.2 Å². The number of hydrogen-bond donors (Lipinski definition) is 1. The maximum atomic E-state index is 13.5. The number of aryl methyl sites for hydroxylation is 2. The molecule has 2 aliphatic rings. The lowest BCUT2D eigenvalue weighted by atomic mass is 10.0. The van der Waals surface area contributed by atoms with Gasteiger partial charge >= 0.3 is 0 Å². The topological polar surface area (TPSA) is 107 Å². The third kappa shape index (κ3) is 7.39. The van der Waals surface area contributed by atoms with Gasteiger partial charge in [0.2, 0.25) is 5.91 Å². The van der Waals surface area contributed by atoms with Crippen molar-refractivity contribution in [1.29, 1.82) is 0 Å². The molecular weight excluding hydrogens is 585 g/mol. The highest BCUT2D eigenvalue weighted by Crippen LogP contribution is 2.39. The van der Waals surface area contributed by atoms with Crippen molar-refractivity contribution in [2.24, 2.45) is 0 Å². The van der Waals surface area contributed by atoms with Gasteiger partial charge < -0.3 is 29.7 Å². The zero-order valence-electron chi connectivity index (χ0n) is 25.7. The molecule has 1 aromatic carbocycles. The molecule has 3 aromatic rings. The van der Waals surface area contributed by atoms with Crippen LogP contribution in [0.2, 0.25) is 0 Å². The van der Waals surface area contributed by atoms with Crippen molar-refractivity contribution < 1.29 is 14.3 Å². The summed E-state index contributed by atoms with van der Waals surface area (Å²) < 4.78 is 6.58. The fourth-order valence-electron chi connectivity index (χ4n) is 5.47. The molecule has 13 heteroatoms. The predicted octanol–water partition coefficient (Wildman–Crippen LogP) is 4.29. The van der Waals surface area contributed by atoms with Crippen LogP contribution < -0.4 is 15.0 Å². The zero-order valence-corrected chi connectivity index (χ0v) is 27.3. The van der Waals surface area contributed by atoms with Gasteiger partial charge in [-0.15, -0.1) is 0 Å². The van der Waals surface area contributed by atoms with Gasteiger partial charge in [0.1, 0.15) is 23.2 Å². The third-order valence-corrected chi connectivity index (χ3v) is 10.2. The number of piperazine rings is 1. The number of amides is 2. The van der Waals surface area contributed by atoms with Crippen LogP contribution in [0.25, 0.3) is 0 Å². The van der Waals surface area contributed by atoms with Gasteiger partial charge in [-0.3, -0.25) is 9.59 Å².